The van der Waals surface area contributed by atoms with Gasteiger partial charge in [0.15, 0.2) is 0 Å². The Bertz CT molecular complexity index is 1230. The van der Waals surface area contributed by atoms with Gasteiger partial charge in [-0.2, -0.15) is 0 Å². The van der Waals surface area contributed by atoms with Crippen LogP contribution >= 0.6 is 23.2 Å². The minimum atomic E-state index is -0.693. The average molecular weight is 506 g/mol. The smallest absolute Gasteiger partial charge is 0.242 e. The van der Waals surface area contributed by atoms with Crippen molar-refractivity contribution in [1.82, 2.24) is 25.5 Å². The summed E-state index contributed by atoms with van der Waals surface area (Å²) in [5, 5.41) is 10.3. The topological polar surface area (TPSA) is 88.1 Å². The van der Waals surface area contributed by atoms with Gasteiger partial charge in [0.25, 0.3) is 0 Å². The maximum atomic E-state index is 13.4. The van der Waals surface area contributed by atoms with E-state index in [0.29, 0.717) is 24.4 Å². The van der Waals surface area contributed by atoms with E-state index in [0.717, 1.165) is 22.2 Å². The Morgan fingerprint density at radius 2 is 2.06 bits per heavy atom. The molecule has 1 aromatic carbocycles. The fraction of sp³-hybridized carbons (Fsp3) is 0.375. The zero-order valence-corrected chi connectivity index (χ0v) is 20.4. The Morgan fingerprint density at radius 3 is 2.82 bits per heavy atom. The molecule has 1 unspecified atom stereocenters. The molecule has 3 N–H and O–H groups in total. The summed E-state index contributed by atoms with van der Waals surface area (Å²) >= 11 is 12.1. The molecule has 0 spiro atoms. The fourth-order valence-electron chi connectivity index (χ4n) is 4.24. The molecule has 1 fully saturated rings. The highest BCUT2D eigenvalue weighted by molar-refractivity contribution is 6.35. The van der Waals surface area contributed by atoms with Gasteiger partial charge in [-0.25, -0.2) is 9.37 Å². The molecule has 180 valence electrons. The number of aryl methyl sites for hydroxylation is 1. The number of amides is 2. The molecule has 10 heteroatoms. The van der Waals surface area contributed by atoms with Crippen LogP contribution in [0.2, 0.25) is 10.0 Å². The molecule has 4 rings (SSSR count). The van der Waals surface area contributed by atoms with E-state index in [1.165, 1.54) is 6.07 Å². The van der Waals surface area contributed by atoms with Gasteiger partial charge in [0.2, 0.25) is 11.8 Å². The normalized spacial score (nSPS) is 18.7. The molecule has 0 aliphatic carbocycles. The predicted molar refractivity (Wildman–Crippen MR) is 130 cm³/mol. The summed E-state index contributed by atoms with van der Waals surface area (Å²) in [6, 6.07) is 5.50. The number of halogens is 3. The Kier molecular flexibility index (Phi) is 7.40. The van der Waals surface area contributed by atoms with Crippen LogP contribution in [0.3, 0.4) is 0 Å². The van der Waals surface area contributed by atoms with Crippen LogP contribution < -0.4 is 16.0 Å². The predicted octanol–water partition coefficient (Wildman–Crippen LogP) is 3.36. The molecule has 34 heavy (non-hydrogen) atoms. The maximum Gasteiger partial charge on any atom is 0.242 e. The molecule has 0 bridgehead atoms. The molecule has 3 heterocycles. The third-order valence-corrected chi connectivity index (χ3v) is 6.68. The molecule has 7 nitrogen and oxygen atoms in total. The van der Waals surface area contributed by atoms with E-state index in [4.69, 9.17) is 23.2 Å². The van der Waals surface area contributed by atoms with Gasteiger partial charge in [-0.3, -0.25) is 9.59 Å². The van der Waals surface area contributed by atoms with Gasteiger partial charge in [0.1, 0.15) is 17.5 Å². The lowest BCUT2D eigenvalue weighted by Crippen LogP contribution is -2.49. The first-order valence-corrected chi connectivity index (χ1v) is 11.8. The molecule has 1 saturated heterocycles. The van der Waals surface area contributed by atoms with Crippen molar-refractivity contribution in [3.63, 3.8) is 0 Å². The number of hydrogen-bond donors (Lipinski definition) is 3. The first-order chi connectivity index (χ1) is 16.2. The highest BCUT2D eigenvalue weighted by Crippen LogP contribution is 2.25. The van der Waals surface area contributed by atoms with Crippen LogP contribution in [-0.4, -0.2) is 40.0 Å². The van der Waals surface area contributed by atoms with Crippen LogP contribution in [0.25, 0.3) is 11.0 Å². The van der Waals surface area contributed by atoms with Gasteiger partial charge in [-0.05, 0) is 61.6 Å². The first-order valence-electron chi connectivity index (χ1n) is 11.1. The van der Waals surface area contributed by atoms with Gasteiger partial charge >= 0.3 is 0 Å². The number of nitrogens with zero attached hydrogens (tertiary/aromatic N) is 2. The van der Waals surface area contributed by atoms with E-state index < -0.39 is 11.9 Å². The summed E-state index contributed by atoms with van der Waals surface area (Å²) in [5.41, 5.74) is 2.51. The van der Waals surface area contributed by atoms with Crippen molar-refractivity contribution in [2.45, 2.75) is 38.4 Å². The number of aromatic nitrogens is 2. The summed E-state index contributed by atoms with van der Waals surface area (Å²) in [7, 11) is 1.87. The van der Waals surface area contributed by atoms with E-state index >= 15 is 0 Å². The molecule has 1 aliphatic heterocycles. The number of benzene rings is 1. The Balaban J connectivity index is 1.25. The van der Waals surface area contributed by atoms with Gasteiger partial charge in [0.05, 0.1) is 16.1 Å². The highest BCUT2D eigenvalue weighted by atomic mass is 35.5. The summed E-state index contributed by atoms with van der Waals surface area (Å²) in [6.45, 7) is 2.58. The van der Waals surface area contributed by atoms with Crippen molar-refractivity contribution in [2.24, 2.45) is 13.0 Å². The molecule has 0 saturated carbocycles. The molecule has 0 radical (unpaired) electrons. The molecule has 3 atom stereocenters. The van der Waals surface area contributed by atoms with Crippen LogP contribution in [0, 0.1) is 11.7 Å². The van der Waals surface area contributed by atoms with Crippen molar-refractivity contribution >= 4 is 46.0 Å². The minimum Gasteiger partial charge on any atom is -0.350 e. The van der Waals surface area contributed by atoms with Gasteiger partial charge in [-0.15, -0.1) is 0 Å². The second-order valence-electron chi connectivity index (χ2n) is 8.77. The SMILES string of the molecule is CC(NC(=O)[C@H]1C[C@H](Cc2ccc(F)c(Cl)c2)CN1)C(=O)NCc1cnc2c(c1)c(Cl)cn2C. The van der Waals surface area contributed by atoms with Crippen LogP contribution in [-0.2, 0) is 29.6 Å². The largest absolute Gasteiger partial charge is 0.350 e. The van der Waals surface area contributed by atoms with Crippen molar-refractivity contribution in [1.29, 1.82) is 0 Å². The number of nitrogens with one attached hydrogen (secondary N) is 3. The zero-order chi connectivity index (χ0) is 24.4. The van der Waals surface area contributed by atoms with Crippen molar-refractivity contribution in [3.8, 4) is 0 Å². The van der Waals surface area contributed by atoms with E-state index in [2.05, 4.69) is 20.9 Å². The molecular weight excluding hydrogens is 480 g/mol. The molecule has 3 aromatic rings. The Morgan fingerprint density at radius 1 is 1.26 bits per heavy atom. The summed E-state index contributed by atoms with van der Waals surface area (Å²) < 4.78 is 15.2. The average Bonchev–Trinajstić information content (AvgIpc) is 3.38. The molecular formula is C24H26Cl2FN5O2. The third kappa shape index (κ3) is 5.51. The van der Waals surface area contributed by atoms with Crippen LogP contribution in [0.5, 0.6) is 0 Å². The summed E-state index contributed by atoms with van der Waals surface area (Å²) in [4.78, 5) is 29.6. The van der Waals surface area contributed by atoms with Crippen LogP contribution in [0.4, 0.5) is 4.39 Å². The molecule has 2 aromatic heterocycles. The maximum absolute atomic E-state index is 13.4. The van der Waals surface area contributed by atoms with E-state index in [1.54, 1.807) is 31.5 Å². The lowest BCUT2D eigenvalue weighted by Gasteiger charge is -2.17. The van der Waals surface area contributed by atoms with Crippen molar-refractivity contribution < 1.29 is 14.0 Å². The fourth-order valence-corrected chi connectivity index (χ4v) is 4.73. The summed E-state index contributed by atoms with van der Waals surface area (Å²) in [5.74, 6) is -0.738. The second kappa shape index (κ2) is 10.3. The van der Waals surface area contributed by atoms with Gasteiger partial charge in [-0.1, -0.05) is 29.3 Å². The monoisotopic (exact) mass is 505 g/mol. The van der Waals surface area contributed by atoms with E-state index in [-0.39, 0.29) is 35.3 Å². The number of hydrogen-bond acceptors (Lipinski definition) is 4. The lowest BCUT2D eigenvalue weighted by molar-refractivity contribution is -0.129. The standard InChI is InChI=1S/C24H26Cl2FN5O2/c1-13(23(33)30-11-16-6-17-19(26)12-32(2)22(17)29-10-16)31-24(34)21-8-15(9-28-21)5-14-3-4-20(27)18(25)7-14/h3-4,6-7,10,12-13,15,21,28H,5,8-9,11H2,1-2H3,(H,30,33)(H,31,34)/t13?,15-,21+/m0/s1. The second-order valence-corrected chi connectivity index (χ2v) is 9.58. The quantitative estimate of drug-likeness (QED) is 0.459. The van der Waals surface area contributed by atoms with E-state index in [9.17, 15) is 14.0 Å². The number of fused-ring (bicyclic) bond motifs is 1. The van der Waals surface area contributed by atoms with Crippen molar-refractivity contribution in [2.75, 3.05) is 6.54 Å². The zero-order valence-electron chi connectivity index (χ0n) is 18.9. The van der Waals surface area contributed by atoms with Crippen LogP contribution in [0.15, 0.2) is 36.7 Å². The first kappa shape index (κ1) is 24.4. The van der Waals surface area contributed by atoms with Crippen LogP contribution in [0.1, 0.15) is 24.5 Å². The third-order valence-electron chi connectivity index (χ3n) is 6.09. The summed E-state index contributed by atoms with van der Waals surface area (Å²) in [6.07, 6.45) is 4.80. The Hall–Kier alpha value is -2.68. The number of pyridine rings is 1. The minimum absolute atomic E-state index is 0.0974. The van der Waals surface area contributed by atoms with Gasteiger partial charge in [0, 0.05) is 31.4 Å². The number of rotatable bonds is 7. The molecule has 2 amide bonds. The van der Waals surface area contributed by atoms with E-state index in [1.807, 2.05) is 17.7 Å². The Labute approximate surface area is 207 Å². The highest BCUT2D eigenvalue weighted by Gasteiger charge is 2.31. The number of carbonyl (C=O) groups excluding carboxylic acids is 2. The number of carbonyl (C=O) groups is 2. The van der Waals surface area contributed by atoms with Gasteiger partial charge < -0.3 is 20.5 Å². The van der Waals surface area contributed by atoms with Crippen molar-refractivity contribution in [3.05, 3.63) is 63.6 Å². The molecule has 1 aliphatic rings. The lowest BCUT2D eigenvalue weighted by atomic mass is 9.96.